The van der Waals surface area contributed by atoms with Crippen molar-refractivity contribution in [3.63, 3.8) is 0 Å². The Bertz CT molecular complexity index is 308. The van der Waals surface area contributed by atoms with E-state index >= 15 is 0 Å². The van der Waals surface area contributed by atoms with Crippen molar-refractivity contribution in [1.82, 2.24) is 5.32 Å². The van der Waals surface area contributed by atoms with Crippen molar-refractivity contribution in [2.75, 3.05) is 6.61 Å². The van der Waals surface area contributed by atoms with E-state index in [1.807, 2.05) is 0 Å². The Morgan fingerprint density at radius 1 is 1.35 bits per heavy atom. The monoisotopic (exact) mass is 246 g/mol. The number of ether oxygens (including phenoxy) is 1. The summed E-state index contributed by atoms with van der Waals surface area (Å²) in [5.41, 5.74) is 4.37. The number of nitrogens with one attached hydrogen (secondary N) is 1. The highest BCUT2D eigenvalue weighted by Crippen LogP contribution is 2.05. The molecular weight excluding hydrogens is 228 g/mol. The molecule has 0 saturated heterocycles. The summed E-state index contributed by atoms with van der Waals surface area (Å²) in [6.45, 7) is 5.02. The molecule has 2 amide bonds. The number of carboxylic acid groups (broad SMARTS) is 1. The lowest BCUT2D eigenvalue weighted by atomic mass is 10.2. The lowest BCUT2D eigenvalue weighted by Crippen LogP contribution is -2.45. The highest BCUT2D eigenvalue weighted by Gasteiger charge is 2.23. The summed E-state index contributed by atoms with van der Waals surface area (Å²) in [4.78, 5) is 32.6. The topological polar surface area (TPSA) is 119 Å². The second kappa shape index (κ2) is 6.19. The molecule has 0 aromatic heterocycles. The van der Waals surface area contributed by atoms with Gasteiger partial charge < -0.3 is 20.9 Å². The molecule has 0 aliphatic carbocycles. The highest BCUT2D eigenvalue weighted by molar-refractivity contribution is 5.88. The van der Waals surface area contributed by atoms with Crippen molar-refractivity contribution >= 4 is 17.8 Å². The molecule has 7 heteroatoms. The van der Waals surface area contributed by atoms with Crippen LogP contribution in [0, 0.1) is 0 Å². The van der Waals surface area contributed by atoms with E-state index in [1.54, 1.807) is 20.8 Å². The minimum absolute atomic E-state index is 0.272. The second-order valence-corrected chi connectivity index (χ2v) is 4.53. The molecule has 0 spiro atoms. The summed E-state index contributed by atoms with van der Waals surface area (Å²) in [7, 11) is 0. The Labute approximate surface area is 99.3 Å². The largest absolute Gasteiger partial charge is 0.480 e. The summed E-state index contributed by atoms with van der Waals surface area (Å²) < 4.78 is 5.16. The molecule has 0 aromatic carbocycles. The van der Waals surface area contributed by atoms with Crippen molar-refractivity contribution in [1.29, 1.82) is 0 Å². The minimum Gasteiger partial charge on any atom is -0.480 e. The molecule has 0 aliphatic rings. The first-order chi connectivity index (χ1) is 7.61. The first kappa shape index (κ1) is 15.4. The number of primary amides is 1. The molecule has 98 valence electrons. The fourth-order valence-corrected chi connectivity index (χ4v) is 0.919. The van der Waals surface area contributed by atoms with Gasteiger partial charge in [-0.1, -0.05) is 0 Å². The number of aliphatic carboxylic acids is 1. The summed E-state index contributed by atoms with van der Waals surface area (Å²) in [6, 6.07) is -1.32. The highest BCUT2D eigenvalue weighted by atomic mass is 16.5. The third kappa shape index (κ3) is 8.21. The molecule has 0 aliphatic heterocycles. The lowest BCUT2D eigenvalue weighted by molar-refractivity contribution is -0.144. The lowest BCUT2D eigenvalue weighted by Gasteiger charge is -2.20. The zero-order valence-electron chi connectivity index (χ0n) is 10.1. The van der Waals surface area contributed by atoms with Crippen LogP contribution < -0.4 is 11.1 Å². The van der Waals surface area contributed by atoms with E-state index in [4.69, 9.17) is 15.6 Å². The zero-order chi connectivity index (χ0) is 13.6. The average molecular weight is 246 g/mol. The fraction of sp³-hybridized carbons (Fsp3) is 0.700. The van der Waals surface area contributed by atoms with Gasteiger partial charge in [0.15, 0.2) is 0 Å². The van der Waals surface area contributed by atoms with Gasteiger partial charge in [0, 0.05) is 0 Å². The molecule has 0 rings (SSSR count). The summed E-state index contributed by atoms with van der Waals surface area (Å²) in [6.07, 6.45) is -0.448. The number of carbonyl (C=O) groups excluding carboxylic acids is 2. The van der Waals surface area contributed by atoms with Gasteiger partial charge in [0.05, 0.1) is 12.0 Å². The van der Waals surface area contributed by atoms with E-state index in [0.717, 1.165) is 0 Å². The first-order valence-corrected chi connectivity index (χ1v) is 5.06. The van der Waals surface area contributed by atoms with Gasteiger partial charge in [-0.2, -0.15) is 0 Å². The number of hydrogen-bond acceptors (Lipinski definition) is 4. The Kier molecular flexibility index (Phi) is 5.60. The predicted molar refractivity (Wildman–Crippen MR) is 59.1 cm³/mol. The predicted octanol–water partition coefficient (Wildman–Crippen LogP) is -0.754. The molecule has 1 atom stereocenters. The zero-order valence-corrected chi connectivity index (χ0v) is 10.1. The van der Waals surface area contributed by atoms with E-state index in [0.29, 0.717) is 0 Å². The quantitative estimate of drug-likeness (QED) is 0.569. The van der Waals surface area contributed by atoms with Crippen LogP contribution in [0.1, 0.15) is 27.2 Å². The maximum atomic E-state index is 11.3. The number of carbonyl (C=O) groups is 3. The average Bonchev–Trinajstić information content (AvgIpc) is 2.11. The van der Waals surface area contributed by atoms with Crippen LogP contribution in [-0.4, -0.2) is 41.1 Å². The number of hydrogen-bond donors (Lipinski definition) is 3. The van der Waals surface area contributed by atoms with E-state index in [2.05, 4.69) is 5.32 Å². The smallest absolute Gasteiger partial charge is 0.326 e. The summed E-state index contributed by atoms with van der Waals surface area (Å²) >= 11 is 0. The van der Waals surface area contributed by atoms with Crippen LogP contribution in [0.3, 0.4) is 0 Å². The van der Waals surface area contributed by atoms with Crippen LogP contribution in [0.4, 0.5) is 0 Å². The Balaban J connectivity index is 4.22. The van der Waals surface area contributed by atoms with Gasteiger partial charge in [0.25, 0.3) is 0 Å². The first-order valence-electron chi connectivity index (χ1n) is 5.06. The number of carboxylic acids is 1. The molecule has 17 heavy (non-hydrogen) atoms. The van der Waals surface area contributed by atoms with Crippen LogP contribution in [0.15, 0.2) is 0 Å². The Morgan fingerprint density at radius 3 is 2.24 bits per heavy atom. The van der Waals surface area contributed by atoms with Gasteiger partial charge in [-0.3, -0.25) is 9.59 Å². The van der Waals surface area contributed by atoms with Gasteiger partial charge in [-0.15, -0.1) is 0 Å². The van der Waals surface area contributed by atoms with Crippen molar-refractivity contribution in [3.05, 3.63) is 0 Å². The number of nitrogens with two attached hydrogens (primary N) is 1. The van der Waals surface area contributed by atoms with Crippen LogP contribution in [-0.2, 0) is 19.1 Å². The van der Waals surface area contributed by atoms with Gasteiger partial charge in [0.1, 0.15) is 12.6 Å². The fourth-order valence-electron chi connectivity index (χ4n) is 0.919. The van der Waals surface area contributed by atoms with Crippen molar-refractivity contribution in [3.8, 4) is 0 Å². The Hall–Kier alpha value is -1.63. The summed E-state index contributed by atoms with van der Waals surface area (Å²) in [5, 5.41) is 10.9. The van der Waals surface area contributed by atoms with E-state index in [1.165, 1.54) is 0 Å². The maximum Gasteiger partial charge on any atom is 0.326 e. The van der Waals surface area contributed by atoms with Crippen molar-refractivity contribution in [2.45, 2.75) is 38.8 Å². The molecule has 0 aromatic rings. The van der Waals surface area contributed by atoms with Gasteiger partial charge in [-0.25, -0.2) is 4.79 Å². The summed E-state index contributed by atoms with van der Waals surface area (Å²) in [5.74, 6) is -2.71. The molecule has 0 heterocycles. The Morgan fingerprint density at radius 2 is 1.88 bits per heavy atom. The third-order valence-electron chi connectivity index (χ3n) is 1.67. The minimum atomic E-state index is -1.32. The number of amides is 2. The normalized spacial score (nSPS) is 12.9. The van der Waals surface area contributed by atoms with Crippen LogP contribution in [0.5, 0.6) is 0 Å². The van der Waals surface area contributed by atoms with Crippen molar-refractivity contribution in [2.24, 2.45) is 5.73 Å². The van der Waals surface area contributed by atoms with E-state index in [9.17, 15) is 14.4 Å². The van der Waals surface area contributed by atoms with Gasteiger partial charge in [0.2, 0.25) is 11.8 Å². The van der Waals surface area contributed by atoms with Crippen LogP contribution >= 0.6 is 0 Å². The second-order valence-electron chi connectivity index (χ2n) is 4.53. The maximum absolute atomic E-state index is 11.3. The molecule has 0 saturated carbocycles. The molecule has 7 nitrogen and oxygen atoms in total. The van der Waals surface area contributed by atoms with Gasteiger partial charge in [-0.05, 0) is 20.8 Å². The van der Waals surface area contributed by atoms with E-state index in [-0.39, 0.29) is 6.61 Å². The molecular formula is C10H18N2O5. The van der Waals surface area contributed by atoms with Crippen molar-refractivity contribution < 1.29 is 24.2 Å². The number of rotatable bonds is 6. The third-order valence-corrected chi connectivity index (χ3v) is 1.67. The van der Waals surface area contributed by atoms with E-state index < -0.39 is 35.8 Å². The van der Waals surface area contributed by atoms with Crippen LogP contribution in [0.2, 0.25) is 0 Å². The molecule has 0 radical (unpaired) electrons. The molecule has 0 bridgehead atoms. The molecule has 0 unspecified atom stereocenters. The molecule has 0 fully saturated rings. The van der Waals surface area contributed by atoms with Crippen LogP contribution in [0.25, 0.3) is 0 Å². The SMILES string of the molecule is CC(C)(C)OCC(=O)N[C@H](CC(N)=O)C(=O)O. The standard InChI is InChI=1S/C10H18N2O5/c1-10(2,3)17-5-8(14)12-6(9(15)16)4-7(11)13/h6H,4-5H2,1-3H3,(H2,11,13)(H,12,14)(H,15,16)/t6-/m1/s1. The molecule has 4 N–H and O–H groups in total. The van der Waals surface area contributed by atoms with Gasteiger partial charge >= 0.3 is 5.97 Å².